The summed E-state index contributed by atoms with van der Waals surface area (Å²) in [5.41, 5.74) is -0.110. The number of fused-ring (bicyclic) bond motifs is 1. The van der Waals surface area contributed by atoms with Gasteiger partial charge in [-0.1, -0.05) is 0 Å². The van der Waals surface area contributed by atoms with Crippen LogP contribution in [0.4, 0.5) is 0 Å². The molecule has 0 spiro atoms. The Morgan fingerprint density at radius 3 is 3.00 bits per heavy atom. The average molecular weight is 190 g/mol. The fraction of sp³-hybridized carbons (Fsp3) is 0. The van der Waals surface area contributed by atoms with Gasteiger partial charge in [-0.05, 0) is 0 Å². The van der Waals surface area contributed by atoms with Crippen LogP contribution in [0.25, 0.3) is 11.2 Å². The molecule has 0 bridgehead atoms. The molecule has 12 heavy (non-hydrogen) atoms. The third-order valence-electron chi connectivity index (χ3n) is 1.27. The summed E-state index contributed by atoms with van der Waals surface area (Å²) in [4.78, 5) is 22.6. The van der Waals surface area contributed by atoms with E-state index in [-0.39, 0.29) is 62.5 Å². The molecule has 0 radical (unpaired) electrons. The van der Waals surface area contributed by atoms with E-state index in [1.165, 1.54) is 6.33 Å². The molecule has 6 nitrogen and oxygen atoms in total. The van der Waals surface area contributed by atoms with E-state index in [9.17, 15) is 9.90 Å². The van der Waals surface area contributed by atoms with Gasteiger partial charge in [0.15, 0.2) is 11.2 Å². The van der Waals surface area contributed by atoms with Crippen LogP contribution in [0.3, 0.4) is 0 Å². The van der Waals surface area contributed by atoms with Crippen LogP contribution in [0.1, 0.15) is 0 Å². The molecule has 0 saturated heterocycles. The standard InChI is InChI=1S/C5H4N4O2.K/c10-4-2-3(7-1-6-2)8-5(11)9-4;/h1H,(H3,6,7,8,9,10,11);/q;+1/p-1. The summed E-state index contributed by atoms with van der Waals surface area (Å²) in [7, 11) is 0. The van der Waals surface area contributed by atoms with Gasteiger partial charge in [0.1, 0.15) is 0 Å². The molecule has 7 heteroatoms. The van der Waals surface area contributed by atoms with Crippen molar-refractivity contribution in [2.45, 2.75) is 0 Å². The summed E-state index contributed by atoms with van der Waals surface area (Å²) in [6.45, 7) is 0. The number of nitrogens with zero attached hydrogens (tertiary/aromatic N) is 2. The van der Waals surface area contributed by atoms with Gasteiger partial charge in [-0.3, -0.25) is 4.79 Å². The van der Waals surface area contributed by atoms with Gasteiger partial charge < -0.3 is 15.1 Å². The first-order valence-corrected chi connectivity index (χ1v) is 2.88. The molecule has 2 heterocycles. The van der Waals surface area contributed by atoms with Crippen LogP contribution in [0.2, 0.25) is 0 Å². The van der Waals surface area contributed by atoms with Crippen LogP contribution >= 0.6 is 0 Å². The van der Waals surface area contributed by atoms with Crippen molar-refractivity contribution in [2.24, 2.45) is 0 Å². The number of rotatable bonds is 0. The van der Waals surface area contributed by atoms with E-state index in [1.807, 2.05) is 4.98 Å². The number of hydrogen-bond acceptors (Lipinski definition) is 4. The van der Waals surface area contributed by atoms with Crippen molar-refractivity contribution < 1.29 is 56.5 Å². The second-order valence-electron chi connectivity index (χ2n) is 1.97. The van der Waals surface area contributed by atoms with Crippen LogP contribution in [-0.4, -0.2) is 19.9 Å². The maximum absolute atomic E-state index is 10.9. The zero-order chi connectivity index (χ0) is 7.84. The first-order chi connectivity index (χ1) is 5.27. The van der Waals surface area contributed by atoms with E-state index in [0.29, 0.717) is 0 Å². The van der Waals surface area contributed by atoms with Gasteiger partial charge in [0, 0.05) is 0 Å². The van der Waals surface area contributed by atoms with Crippen molar-refractivity contribution in [3.63, 3.8) is 0 Å². The molecule has 0 aliphatic rings. The number of hydrogen-bond donors (Lipinski definition) is 2. The third-order valence-corrected chi connectivity index (χ3v) is 1.27. The van der Waals surface area contributed by atoms with Gasteiger partial charge in [-0.2, -0.15) is 0 Å². The number of aromatic amines is 2. The van der Waals surface area contributed by atoms with Gasteiger partial charge in [0.2, 0.25) is 0 Å². The maximum Gasteiger partial charge on any atom is 1.00 e. The molecule has 2 N–H and O–H groups in total. The minimum absolute atomic E-state index is 0. The molecule has 0 amide bonds. The molecule has 2 aromatic heterocycles. The van der Waals surface area contributed by atoms with Crippen LogP contribution in [-0.2, 0) is 0 Å². The van der Waals surface area contributed by atoms with Crippen molar-refractivity contribution in [1.82, 2.24) is 19.9 Å². The van der Waals surface area contributed by atoms with Gasteiger partial charge >= 0.3 is 51.4 Å². The summed E-state index contributed by atoms with van der Waals surface area (Å²) < 4.78 is 0. The van der Waals surface area contributed by atoms with Crippen molar-refractivity contribution >= 4 is 11.2 Å². The Labute approximate surface area is 109 Å². The summed E-state index contributed by atoms with van der Waals surface area (Å²) in [6, 6.07) is -0.672. The molecule has 0 aliphatic heterocycles. The topological polar surface area (TPSA) is 97.5 Å². The van der Waals surface area contributed by atoms with Crippen molar-refractivity contribution in [1.29, 1.82) is 0 Å². The van der Waals surface area contributed by atoms with E-state index in [2.05, 4.69) is 15.0 Å². The quantitative estimate of drug-likeness (QED) is 0.411. The third kappa shape index (κ3) is 1.59. The van der Waals surface area contributed by atoms with Crippen LogP contribution < -0.4 is 62.1 Å². The average Bonchev–Trinajstić information content (AvgIpc) is 2.34. The summed E-state index contributed by atoms with van der Waals surface area (Å²) in [5, 5.41) is 10.6. The van der Waals surface area contributed by atoms with Gasteiger partial charge in [0.05, 0.1) is 12.3 Å². The minimum atomic E-state index is -0.672. The second-order valence-corrected chi connectivity index (χ2v) is 1.97. The van der Waals surface area contributed by atoms with Crippen molar-refractivity contribution in [3.05, 3.63) is 16.7 Å². The molecule has 2 aromatic rings. The molecule has 0 fully saturated rings. The number of imidazole rings is 1. The van der Waals surface area contributed by atoms with Crippen molar-refractivity contribution in [3.8, 4) is 6.01 Å². The predicted molar refractivity (Wildman–Crippen MR) is 34.0 cm³/mol. The SMILES string of the molecule is O=c1[nH]c([O-])nc2nc[nH]c12.[K+]. The predicted octanol–water partition coefficient (Wildman–Crippen LogP) is -4.28. The Kier molecular flexibility index (Phi) is 3.02. The van der Waals surface area contributed by atoms with Crippen LogP contribution in [0.15, 0.2) is 11.1 Å². The van der Waals surface area contributed by atoms with E-state index in [0.717, 1.165) is 0 Å². The van der Waals surface area contributed by atoms with E-state index in [1.54, 1.807) is 0 Å². The first-order valence-electron chi connectivity index (χ1n) is 2.88. The smallest absolute Gasteiger partial charge is 0.846 e. The molecule has 2 rings (SSSR count). The maximum atomic E-state index is 10.9. The zero-order valence-electron chi connectivity index (χ0n) is 6.29. The number of aromatic nitrogens is 4. The normalized spacial score (nSPS) is 9.67. The molecule has 0 atom stereocenters. The summed E-state index contributed by atoms with van der Waals surface area (Å²) in [5.74, 6) is 0. The fourth-order valence-electron chi connectivity index (χ4n) is 0.823. The Bertz CT molecular complexity index is 448. The molecule has 0 unspecified atom stereocenters. The monoisotopic (exact) mass is 190 g/mol. The van der Waals surface area contributed by atoms with Gasteiger partial charge in [-0.25, -0.2) is 9.97 Å². The Balaban J connectivity index is 0.000000720. The summed E-state index contributed by atoms with van der Waals surface area (Å²) >= 11 is 0. The van der Waals surface area contributed by atoms with E-state index >= 15 is 0 Å². The Hall–Kier alpha value is -0.214. The molecular weight excluding hydrogens is 187 g/mol. The molecule has 0 aliphatic carbocycles. The molecule has 0 saturated carbocycles. The second kappa shape index (κ2) is 3.67. The first kappa shape index (κ1) is 9.87. The summed E-state index contributed by atoms with van der Waals surface area (Å²) in [6.07, 6.45) is 1.31. The molecular formula is C5H3KN4O2. The zero-order valence-corrected chi connectivity index (χ0v) is 9.41. The fourth-order valence-corrected chi connectivity index (χ4v) is 0.823. The number of nitrogens with one attached hydrogen (secondary N) is 2. The molecule has 56 valence electrons. The van der Waals surface area contributed by atoms with E-state index < -0.39 is 11.6 Å². The Morgan fingerprint density at radius 2 is 2.25 bits per heavy atom. The van der Waals surface area contributed by atoms with Crippen LogP contribution in [0.5, 0.6) is 6.01 Å². The minimum Gasteiger partial charge on any atom is -0.846 e. The van der Waals surface area contributed by atoms with Crippen molar-refractivity contribution in [2.75, 3.05) is 0 Å². The van der Waals surface area contributed by atoms with Gasteiger partial charge in [0.25, 0.3) is 5.56 Å². The van der Waals surface area contributed by atoms with Gasteiger partial charge in [-0.15, -0.1) is 0 Å². The Morgan fingerprint density at radius 1 is 1.50 bits per heavy atom. The molecule has 0 aromatic carbocycles. The number of H-pyrrole nitrogens is 2. The van der Waals surface area contributed by atoms with Crippen LogP contribution in [0, 0.1) is 0 Å². The van der Waals surface area contributed by atoms with E-state index in [4.69, 9.17) is 0 Å². The largest absolute Gasteiger partial charge is 1.00 e.